The number of carboxylic acid groups (broad SMARTS) is 1. The van der Waals surface area contributed by atoms with E-state index in [-0.39, 0.29) is 18.6 Å². The first-order chi connectivity index (χ1) is 17.0. The molecule has 6 heteroatoms. The quantitative estimate of drug-likeness (QED) is 0.469. The minimum atomic E-state index is -1.07. The molecule has 3 aromatic rings. The van der Waals surface area contributed by atoms with E-state index >= 15 is 0 Å². The summed E-state index contributed by atoms with van der Waals surface area (Å²) in [5.74, 6) is 0.960. The number of fused-ring (bicyclic) bond motifs is 1. The van der Waals surface area contributed by atoms with Crippen molar-refractivity contribution in [3.8, 4) is 28.4 Å². The van der Waals surface area contributed by atoms with Gasteiger partial charge in [0.15, 0.2) is 6.29 Å². The number of carbonyl (C=O) groups excluding carboxylic acids is 1. The van der Waals surface area contributed by atoms with Crippen molar-refractivity contribution in [3.63, 3.8) is 0 Å². The Morgan fingerprint density at radius 3 is 2.74 bits per heavy atom. The van der Waals surface area contributed by atoms with Gasteiger partial charge in [0, 0.05) is 29.9 Å². The lowest BCUT2D eigenvalue weighted by atomic mass is 9.98. The van der Waals surface area contributed by atoms with Crippen LogP contribution in [0.5, 0.6) is 17.2 Å². The second-order valence-corrected chi connectivity index (χ2v) is 9.16. The second kappa shape index (κ2) is 10.4. The average Bonchev–Trinajstić information content (AvgIpc) is 3.25. The first-order valence-electron chi connectivity index (χ1n) is 12.1. The Morgan fingerprint density at radius 1 is 1.06 bits per heavy atom. The maximum absolute atomic E-state index is 10.9. The topological polar surface area (TPSA) is 77.0 Å². The fourth-order valence-corrected chi connectivity index (χ4v) is 4.70. The zero-order chi connectivity index (χ0) is 24.2. The van der Waals surface area contributed by atoms with Crippen molar-refractivity contribution in [3.05, 3.63) is 77.4 Å². The number of hydrogen-bond acceptors (Lipinski definition) is 6. The van der Waals surface area contributed by atoms with Gasteiger partial charge in [-0.2, -0.15) is 0 Å². The minimum Gasteiger partial charge on any atom is -0.550 e. The van der Waals surface area contributed by atoms with E-state index in [4.69, 9.17) is 18.9 Å². The molecule has 2 unspecified atom stereocenters. The molecule has 2 aliphatic rings. The van der Waals surface area contributed by atoms with E-state index in [1.54, 1.807) is 0 Å². The van der Waals surface area contributed by atoms with Crippen molar-refractivity contribution < 1.29 is 28.8 Å². The van der Waals surface area contributed by atoms with E-state index in [9.17, 15) is 9.90 Å². The van der Waals surface area contributed by atoms with Gasteiger partial charge in [-0.05, 0) is 72.7 Å². The Bertz CT molecular complexity index is 1200. The molecule has 2 heterocycles. The number of ether oxygens (including phenoxy) is 4. The molecule has 3 aromatic carbocycles. The largest absolute Gasteiger partial charge is 0.550 e. The highest BCUT2D eigenvalue weighted by molar-refractivity contribution is 5.69. The fourth-order valence-electron chi connectivity index (χ4n) is 4.70. The smallest absolute Gasteiger partial charge is 0.199 e. The Kier molecular flexibility index (Phi) is 6.91. The normalized spacial score (nSPS) is 19.0. The summed E-state index contributed by atoms with van der Waals surface area (Å²) < 4.78 is 23.4. The summed E-state index contributed by atoms with van der Waals surface area (Å²) in [6, 6.07) is 20.0. The maximum atomic E-state index is 10.9. The predicted octanol–water partition coefficient (Wildman–Crippen LogP) is 4.76. The number of rotatable bonds is 8. The van der Waals surface area contributed by atoms with Crippen molar-refractivity contribution in [1.82, 2.24) is 0 Å². The lowest BCUT2D eigenvalue weighted by Gasteiger charge is -2.23. The van der Waals surface area contributed by atoms with Crippen molar-refractivity contribution in [2.75, 3.05) is 13.2 Å². The number of benzene rings is 3. The van der Waals surface area contributed by atoms with Gasteiger partial charge in [0.2, 0.25) is 0 Å². The van der Waals surface area contributed by atoms with E-state index < -0.39 is 5.97 Å². The third-order valence-corrected chi connectivity index (χ3v) is 6.52. The SMILES string of the molecule is Cc1cc(OC2CCCCO2)ccc1-c1cccc(COc2ccc3c(c2)OCC3CC(=O)[O-])c1. The molecule has 0 amide bonds. The molecule has 1 saturated heterocycles. The van der Waals surface area contributed by atoms with Crippen molar-refractivity contribution in [2.45, 2.75) is 51.4 Å². The van der Waals surface area contributed by atoms with Gasteiger partial charge in [-0.3, -0.25) is 0 Å². The van der Waals surface area contributed by atoms with Crippen LogP contribution in [0.15, 0.2) is 60.7 Å². The highest BCUT2D eigenvalue weighted by Gasteiger charge is 2.24. The molecule has 182 valence electrons. The molecular weight excluding hydrogens is 444 g/mol. The van der Waals surface area contributed by atoms with Gasteiger partial charge < -0.3 is 28.8 Å². The van der Waals surface area contributed by atoms with E-state index in [0.29, 0.717) is 24.7 Å². The van der Waals surface area contributed by atoms with Crippen LogP contribution in [0.1, 0.15) is 48.3 Å². The molecule has 1 fully saturated rings. The third kappa shape index (κ3) is 5.60. The fraction of sp³-hybridized carbons (Fsp3) is 0.345. The van der Waals surface area contributed by atoms with Gasteiger partial charge in [-0.15, -0.1) is 0 Å². The van der Waals surface area contributed by atoms with Crippen molar-refractivity contribution >= 4 is 5.97 Å². The number of carbonyl (C=O) groups is 1. The summed E-state index contributed by atoms with van der Waals surface area (Å²) in [6.45, 7) is 3.61. The van der Waals surface area contributed by atoms with Gasteiger partial charge in [-0.1, -0.05) is 30.3 Å². The van der Waals surface area contributed by atoms with Crippen LogP contribution in [0.4, 0.5) is 0 Å². The molecule has 0 saturated carbocycles. The van der Waals surface area contributed by atoms with E-state index in [1.165, 1.54) is 0 Å². The van der Waals surface area contributed by atoms with Crippen LogP contribution >= 0.6 is 0 Å². The standard InChI is InChI=1S/C29H30O6/c1-19-13-24(35-29-7-2-3-12-32-29)9-10-25(19)21-6-4-5-20(14-21)17-33-23-8-11-26-22(15-28(30)31)18-34-27(26)16-23/h4-6,8-11,13-14,16,22,29H,2-3,7,12,15,17-18H2,1H3,(H,30,31)/p-1. The van der Waals surface area contributed by atoms with Crippen LogP contribution in [0.3, 0.4) is 0 Å². The molecule has 6 nitrogen and oxygen atoms in total. The summed E-state index contributed by atoms with van der Waals surface area (Å²) in [4.78, 5) is 10.9. The first-order valence-corrected chi connectivity index (χ1v) is 12.1. The van der Waals surface area contributed by atoms with Gasteiger partial charge >= 0.3 is 0 Å². The molecule has 0 spiro atoms. The minimum absolute atomic E-state index is 0.0408. The maximum Gasteiger partial charge on any atom is 0.199 e. The highest BCUT2D eigenvalue weighted by atomic mass is 16.7. The zero-order valence-electron chi connectivity index (χ0n) is 19.8. The van der Waals surface area contributed by atoms with Crippen LogP contribution in [-0.4, -0.2) is 25.5 Å². The Morgan fingerprint density at radius 2 is 1.94 bits per heavy atom. The van der Waals surface area contributed by atoms with Crippen LogP contribution in [-0.2, 0) is 16.1 Å². The van der Waals surface area contributed by atoms with Crippen LogP contribution < -0.4 is 19.3 Å². The molecule has 0 bridgehead atoms. The number of aryl methyl sites for hydroxylation is 1. The Hall–Kier alpha value is -3.51. The Balaban J connectivity index is 1.24. The van der Waals surface area contributed by atoms with E-state index in [0.717, 1.165) is 59.4 Å². The molecule has 0 aliphatic carbocycles. The third-order valence-electron chi connectivity index (χ3n) is 6.52. The molecule has 0 radical (unpaired) electrons. The van der Waals surface area contributed by atoms with Crippen LogP contribution in [0.25, 0.3) is 11.1 Å². The zero-order valence-corrected chi connectivity index (χ0v) is 19.8. The summed E-state index contributed by atoms with van der Waals surface area (Å²) in [5.41, 5.74) is 5.34. The van der Waals surface area contributed by atoms with Gasteiger partial charge in [0.25, 0.3) is 0 Å². The number of hydrogen-bond donors (Lipinski definition) is 0. The highest BCUT2D eigenvalue weighted by Crippen LogP contribution is 2.38. The number of carboxylic acids is 1. The molecule has 5 rings (SSSR count). The second-order valence-electron chi connectivity index (χ2n) is 9.16. The van der Waals surface area contributed by atoms with Gasteiger partial charge in [0.1, 0.15) is 23.9 Å². The molecule has 0 aromatic heterocycles. The summed E-state index contributed by atoms with van der Waals surface area (Å²) in [6.07, 6.45) is 2.97. The summed E-state index contributed by atoms with van der Waals surface area (Å²) >= 11 is 0. The predicted molar refractivity (Wildman–Crippen MR) is 129 cm³/mol. The average molecular weight is 474 g/mol. The Labute approximate surface area is 205 Å². The van der Waals surface area contributed by atoms with Gasteiger partial charge in [-0.25, -0.2) is 0 Å². The monoisotopic (exact) mass is 473 g/mol. The number of aliphatic carboxylic acids is 1. The summed E-state index contributed by atoms with van der Waals surface area (Å²) in [7, 11) is 0. The lowest BCUT2D eigenvalue weighted by molar-refractivity contribution is -0.306. The van der Waals surface area contributed by atoms with Crippen LogP contribution in [0.2, 0.25) is 0 Å². The summed E-state index contributed by atoms with van der Waals surface area (Å²) in [5, 5.41) is 10.9. The van der Waals surface area contributed by atoms with E-state index in [1.807, 2.05) is 36.4 Å². The van der Waals surface area contributed by atoms with E-state index in [2.05, 4.69) is 31.2 Å². The van der Waals surface area contributed by atoms with Crippen LogP contribution in [0, 0.1) is 6.92 Å². The van der Waals surface area contributed by atoms with Gasteiger partial charge in [0.05, 0.1) is 13.2 Å². The molecular formula is C29H29O6-. The van der Waals surface area contributed by atoms with Crippen molar-refractivity contribution in [2.24, 2.45) is 0 Å². The lowest BCUT2D eigenvalue weighted by Crippen LogP contribution is -2.24. The first kappa shape index (κ1) is 23.2. The molecule has 0 N–H and O–H groups in total. The molecule has 2 atom stereocenters. The molecule has 35 heavy (non-hydrogen) atoms. The van der Waals surface area contributed by atoms with Crippen molar-refractivity contribution in [1.29, 1.82) is 0 Å². The molecule has 2 aliphatic heterocycles.